The van der Waals surface area contributed by atoms with E-state index in [0.717, 1.165) is 0 Å². The van der Waals surface area contributed by atoms with Crippen LogP contribution in [-0.4, -0.2) is 19.0 Å². The Bertz CT molecular complexity index is 68.4. The van der Waals surface area contributed by atoms with E-state index < -0.39 is 5.92 Å². The van der Waals surface area contributed by atoms with Crippen molar-refractivity contribution in [2.24, 2.45) is 0 Å². The van der Waals surface area contributed by atoms with E-state index in [-0.39, 0.29) is 31.8 Å². The second kappa shape index (κ2) is 2.81. The Kier molecular flexibility index (Phi) is 2.96. The molecule has 0 atom stereocenters. The molecule has 0 aliphatic carbocycles. The Morgan fingerprint density at radius 1 is 1.38 bits per heavy atom. The third-order valence-electron chi connectivity index (χ3n) is 0.979. The van der Waals surface area contributed by atoms with Gasteiger partial charge in [0.15, 0.2) is 0 Å². The summed E-state index contributed by atoms with van der Waals surface area (Å²) in [4.78, 5) is 0. The van der Waals surface area contributed by atoms with Gasteiger partial charge < -0.3 is 5.32 Å². The summed E-state index contributed by atoms with van der Waals surface area (Å²) >= 11 is 0. The third kappa shape index (κ3) is 2.12. The van der Waals surface area contributed by atoms with E-state index in [0.29, 0.717) is 6.54 Å². The molecule has 0 spiro atoms. The van der Waals surface area contributed by atoms with Crippen LogP contribution in [0.2, 0.25) is 0 Å². The van der Waals surface area contributed by atoms with Crippen molar-refractivity contribution in [1.29, 1.82) is 0 Å². The summed E-state index contributed by atoms with van der Waals surface area (Å²) in [6.07, 6.45) is -0.0486. The zero-order chi connectivity index (χ0) is 5.33. The number of rotatable bonds is 0. The van der Waals surface area contributed by atoms with E-state index >= 15 is 0 Å². The van der Waals surface area contributed by atoms with Gasteiger partial charge in [0.1, 0.15) is 0 Å². The topological polar surface area (TPSA) is 14.1 Å². The van der Waals surface area contributed by atoms with Gasteiger partial charge in [-0.1, -0.05) is 6.54 Å². The van der Waals surface area contributed by atoms with Crippen molar-refractivity contribution in [2.75, 3.05) is 13.1 Å². The molecule has 8 heavy (non-hydrogen) atoms. The van der Waals surface area contributed by atoms with Crippen molar-refractivity contribution >= 4 is 0 Å². The maximum atomic E-state index is 11.9. The quantitative estimate of drug-likeness (QED) is 0.336. The molecule has 0 amide bonds. The van der Waals surface area contributed by atoms with E-state index in [1.165, 1.54) is 0 Å². The van der Waals surface area contributed by atoms with Gasteiger partial charge in [-0.3, -0.25) is 0 Å². The molecule has 0 aromatic heterocycles. The fourth-order valence-corrected chi connectivity index (χ4v) is 0.564. The van der Waals surface area contributed by atoms with Crippen LogP contribution in [0.3, 0.4) is 0 Å². The van der Waals surface area contributed by atoms with E-state index in [9.17, 15) is 8.78 Å². The fourth-order valence-electron chi connectivity index (χ4n) is 0.564. The van der Waals surface area contributed by atoms with Crippen LogP contribution in [0.1, 0.15) is 6.42 Å². The van der Waals surface area contributed by atoms with Gasteiger partial charge >= 0.3 is 18.9 Å². The van der Waals surface area contributed by atoms with E-state index in [4.69, 9.17) is 0 Å². The van der Waals surface area contributed by atoms with Crippen LogP contribution in [0.25, 0.3) is 5.32 Å². The Balaban J connectivity index is 0.000000490. The summed E-state index contributed by atoms with van der Waals surface area (Å²) in [7, 11) is 0. The fraction of sp³-hybridized carbons (Fsp3) is 1.00. The maximum Gasteiger partial charge on any atom is 1.00 e. The first-order valence-corrected chi connectivity index (χ1v) is 2.22. The standard InChI is InChI=1S/C4H6F2N.Li/c5-4(6)1-2-7-3-4;/h1-3H2;/q-1;+1. The Morgan fingerprint density at radius 2 is 2.00 bits per heavy atom. The molecule has 1 aliphatic rings. The second-order valence-corrected chi connectivity index (χ2v) is 1.71. The summed E-state index contributed by atoms with van der Waals surface area (Å²) in [5, 5.41) is 3.49. The third-order valence-corrected chi connectivity index (χ3v) is 0.979. The zero-order valence-corrected chi connectivity index (χ0v) is 4.82. The minimum absolute atomic E-state index is 0. The number of nitrogens with zero attached hydrogens (tertiary/aromatic N) is 1. The van der Waals surface area contributed by atoms with Crippen molar-refractivity contribution < 1.29 is 27.6 Å². The molecule has 1 saturated heterocycles. The average Bonchev–Trinajstić information content (AvgIpc) is 1.84. The number of hydrogen-bond donors (Lipinski definition) is 0. The van der Waals surface area contributed by atoms with Gasteiger partial charge in [-0.2, -0.15) is 0 Å². The molecule has 0 aromatic rings. The van der Waals surface area contributed by atoms with Gasteiger partial charge in [0.2, 0.25) is 5.92 Å². The number of hydrogen-bond acceptors (Lipinski definition) is 0. The molecular formula is C4H6F2LiN. The average molecular weight is 113 g/mol. The number of halogens is 2. The van der Waals surface area contributed by atoms with Crippen molar-refractivity contribution in [3.63, 3.8) is 0 Å². The Labute approximate surface area is 59.0 Å². The molecule has 1 heterocycles. The molecule has 1 fully saturated rings. The molecule has 42 valence electrons. The monoisotopic (exact) mass is 113 g/mol. The molecule has 0 bridgehead atoms. The normalized spacial score (nSPS) is 24.8. The Hall–Kier alpha value is 0.417. The molecule has 0 saturated carbocycles. The first-order valence-electron chi connectivity index (χ1n) is 2.22. The van der Waals surface area contributed by atoms with Crippen LogP contribution in [0.4, 0.5) is 8.78 Å². The predicted molar refractivity (Wildman–Crippen MR) is 22.7 cm³/mol. The molecule has 0 unspecified atom stereocenters. The van der Waals surface area contributed by atoms with Crippen molar-refractivity contribution in [1.82, 2.24) is 0 Å². The van der Waals surface area contributed by atoms with Crippen LogP contribution in [-0.2, 0) is 0 Å². The smallest absolute Gasteiger partial charge is 0.657 e. The molecule has 0 radical (unpaired) electrons. The largest absolute Gasteiger partial charge is 1.00 e. The van der Waals surface area contributed by atoms with Crippen molar-refractivity contribution in [2.45, 2.75) is 12.3 Å². The van der Waals surface area contributed by atoms with Gasteiger partial charge in [0.05, 0.1) is 0 Å². The molecular weight excluding hydrogens is 107 g/mol. The number of alkyl halides is 2. The van der Waals surface area contributed by atoms with Crippen LogP contribution >= 0.6 is 0 Å². The van der Waals surface area contributed by atoms with Crippen LogP contribution in [0, 0.1) is 0 Å². The molecule has 0 N–H and O–H groups in total. The molecule has 4 heteroatoms. The van der Waals surface area contributed by atoms with Crippen LogP contribution < -0.4 is 18.9 Å². The van der Waals surface area contributed by atoms with Gasteiger partial charge in [0.25, 0.3) is 0 Å². The van der Waals surface area contributed by atoms with Gasteiger partial charge in [-0.05, 0) is 6.42 Å². The molecule has 1 aliphatic heterocycles. The minimum Gasteiger partial charge on any atom is -0.657 e. The summed E-state index contributed by atoms with van der Waals surface area (Å²) < 4.78 is 23.7. The van der Waals surface area contributed by atoms with Crippen LogP contribution in [0.15, 0.2) is 0 Å². The summed E-state index contributed by atoms with van der Waals surface area (Å²) in [6.45, 7) is 0.0833. The first kappa shape index (κ1) is 8.42. The molecule has 0 aromatic carbocycles. The molecule has 1 rings (SSSR count). The van der Waals surface area contributed by atoms with E-state index in [1.54, 1.807) is 0 Å². The van der Waals surface area contributed by atoms with E-state index in [1.807, 2.05) is 0 Å². The maximum absolute atomic E-state index is 11.9. The SMILES string of the molecule is FC1(F)CC[N-]C1.[Li+]. The van der Waals surface area contributed by atoms with Crippen molar-refractivity contribution in [3.05, 3.63) is 5.32 Å². The van der Waals surface area contributed by atoms with E-state index in [2.05, 4.69) is 5.32 Å². The summed E-state index contributed by atoms with van der Waals surface area (Å²) in [5.74, 6) is -2.47. The molecule has 1 nitrogen and oxygen atoms in total. The predicted octanol–water partition coefficient (Wildman–Crippen LogP) is -1.60. The van der Waals surface area contributed by atoms with Crippen LogP contribution in [0.5, 0.6) is 0 Å². The van der Waals surface area contributed by atoms with Gasteiger partial charge in [0, 0.05) is 0 Å². The second-order valence-electron chi connectivity index (χ2n) is 1.71. The Morgan fingerprint density at radius 3 is 2.12 bits per heavy atom. The summed E-state index contributed by atoms with van der Waals surface area (Å²) in [5.41, 5.74) is 0. The van der Waals surface area contributed by atoms with Gasteiger partial charge in [-0.25, -0.2) is 8.78 Å². The zero-order valence-electron chi connectivity index (χ0n) is 4.82. The van der Waals surface area contributed by atoms with Crippen molar-refractivity contribution in [3.8, 4) is 0 Å². The minimum atomic E-state index is -2.47. The van der Waals surface area contributed by atoms with Gasteiger partial charge in [-0.15, -0.1) is 6.54 Å². The first-order chi connectivity index (χ1) is 3.21. The summed E-state index contributed by atoms with van der Waals surface area (Å²) in [6, 6.07) is 0.